The summed E-state index contributed by atoms with van der Waals surface area (Å²) in [4.78, 5) is 1.39. The zero-order chi connectivity index (χ0) is 13.7. The highest BCUT2D eigenvalue weighted by Gasteiger charge is 2.29. The molecule has 1 N–H and O–H groups in total. The Balaban J connectivity index is 1.86. The third kappa shape index (κ3) is 4.25. The van der Waals surface area contributed by atoms with Crippen molar-refractivity contribution in [3.8, 4) is 0 Å². The fourth-order valence-corrected chi connectivity index (χ4v) is 4.27. The molecule has 1 saturated carbocycles. The average molecular weight is 277 g/mol. The Morgan fingerprint density at radius 3 is 2.53 bits per heavy atom. The SMILES string of the molecule is CNC(CSc1ccccc1)C1CCC(C)C(C)C1. The lowest BCUT2D eigenvalue weighted by Crippen LogP contribution is -2.39. The number of benzene rings is 1. The predicted octanol–water partition coefficient (Wildman–Crippen LogP) is 4.44. The first-order valence-corrected chi connectivity index (χ1v) is 8.54. The highest BCUT2D eigenvalue weighted by molar-refractivity contribution is 7.99. The molecule has 0 aliphatic heterocycles. The minimum absolute atomic E-state index is 0.653. The lowest BCUT2D eigenvalue weighted by atomic mass is 9.73. The zero-order valence-corrected chi connectivity index (χ0v) is 13.2. The van der Waals surface area contributed by atoms with Crippen molar-refractivity contribution in [2.45, 2.75) is 44.0 Å². The number of rotatable bonds is 5. The van der Waals surface area contributed by atoms with E-state index in [0.29, 0.717) is 6.04 Å². The Morgan fingerprint density at radius 1 is 1.16 bits per heavy atom. The van der Waals surface area contributed by atoms with E-state index in [0.717, 1.165) is 17.8 Å². The largest absolute Gasteiger partial charge is 0.316 e. The van der Waals surface area contributed by atoms with Gasteiger partial charge in [-0.15, -0.1) is 11.8 Å². The van der Waals surface area contributed by atoms with E-state index in [-0.39, 0.29) is 0 Å². The monoisotopic (exact) mass is 277 g/mol. The van der Waals surface area contributed by atoms with Crippen LogP contribution < -0.4 is 5.32 Å². The van der Waals surface area contributed by atoms with Crippen molar-refractivity contribution in [2.75, 3.05) is 12.8 Å². The molecular formula is C17H27NS. The molecule has 0 bridgehead atoms. The van der Waals surface area contributed by atoms with Gasteiger partial charge in [-0.1, -0.05) is 38.5 Å². The quantitative estimate of drug-likeness (QED) is 0.799. The van der Waals surface area contributed by atoms with Gasteiger partial charge in [-0.05, 0) is 49.8 Å². The Bertz CT molecular complexity index is 365. The van der Waals surface area contributed by atoms with Gasteiger partial charge in [0.1, 0.15) is 0 Å². The molecule has 0 radical (unpaired) electrons. The first-order valence-electron chi connectivity index (χ1n) is 7.55. The number of nitrogens with one attached hydrogen (secondary N) is 1. The summed E-state index contributed by atoms with van der Waals surface area (Å²) < 4.78 is 0. The Hall–Kier alpha value is -0.470. The summed E-state index contributed by atoms with van der Waals surface area (Å²) in [6, 6.07) is 11.4. The molecular weight excluding hydrogens is 250 g/mol. The first kappa shape index (κ1) is 14.9. The molecule has 0 aromatic heterocycles. The van der Waals surface area contributed by atoms with Crippen molar-refractivity contribution >= 4 is 11.8 Å². The molecule has 4 unspecified atom stereocenters. The van der Waals surface area contributed by atoms with Crippen LogP contribution in [0.1, 0.15) is 33.1 Å². The fourth-order valence-electron chi connectivity index (χ4n) is 3.11. The van der Waals surface area contributed by atoms with E-state index in [2.05, 4.69) is 56.5 Å². The van der Waals surface area contributed by atoms with Gasteiger partial charge in [0.2, 0.25) is 0 Å². The molecule has 0 heterocycles. The van der Waals surface area contributed by atoms with Crippen LogP contribution in [0.3, 0.4) is 0 Å². The minimum atomic E-state index is 0.653. The van der Waals surface area contributed by atoms with E-state index in [1.807, 2.05) is 11.8 Å². The molecule has 0 saturated heterocycles. The van der Waals surface area contributed by atoms with Crippen LogP contribution in [0, 0.1) is 17.8 Å². The van der Waals surface area contributed by atoms with E-state index in [1.54, 1.807) is 0 Å². The molecule has 1 nitrogen and oxygen atoms in total. The Kier molecular flexibility index (Phi) is 5.77. The summed E-state index contributed by atoms with van der Waals surface area (Å²) in [5.74, 6) is 3.84. The topological polar surface area (TPSA) is 12.0 Å². The van der Waals surface area contributed by atoms with Crippen LogP contribution in [0.2, 0.25) is 0 Å². The molecule has 106 valence electrons. The van der Waals surface area contributed by atoms with Crippen molar-refractivity contribution in [2.24, 2.45) is 17.8 Å². The maximum absolute atomic E-state index is 3.56. The van der Waals surface area contributed by atoms with Crippen LogP contribution in [0.15, 0.2) is 35.2 Å². The molecule has 1 fully saturated rings. The van der Waals surface area contributed by atoms with Crippen molar-refractivity contribution in [3.63, 3.8) is 0 Å². The lowest BCUT2D eigenvalue weighted by Gasteiger charge is -2.36. The van der Waals surface area contributed by atoms with Gasteiger partial charge in [-0.2, -0.15) is 0 Å². The van der Waals surface area contributed by atoms with Crippen LogP contribution >= 0.6 is 11.8 Å². The van der Waals surface area contributed by atoms with Crippen molar-refractivity contribution in [1.82, 2.24) is 5.32 Å². The summed E-state index contributed by atoms with van der Waals surface area (Å²) in [6.07, 6.45) is 4.19. The normalized spacial score (nSPS) is 29.1. The van der Waals surface area contributed by atoms with Gasteiger partial charge in [0.05, 0.1) is 0 Å². The van der Waals surface area contributed by atoms with Crippen LogP contribution in [-0.2, 0) is 0 Å². The first-order chi connectivity index (χ1) is 9.20. The van der Waals surface area contributed by atoms with E-state index >= 15 is 0 Å². The van der Waals surface area contributed by atoms with Gasteiger partial charge in [-0.25, -0.2) is 0 Å². The van der Waals surface area contributed by atoms with Gasteiger partial charge in [-0.3, -0.25) is 0 Å². The van der Waals surface area contributed by atoms with Gasteiger partial charge < -0.3 is 5.32 Å². The molecule has 1 aromatic carbocycles. The summed E-state index contributed by atoms with van der Waals surface area (Å²) in [6.45, 7) is 4.84. The average Bonchev–Trinajstić information content (AvgIpc) is 2.44. The van der Waals surface area contributed by atoms with E-state index < -0.39 is 0 Å². The van der Waals surface area contributed by atoms with Gasteiger partial charge in [0, 0.05) is 16.7 Å². The molecule has 1 aliphatic carbocycles. The number of hydrogen-bond donors (Lipinski definition) is 1. The second kappa shape index (κ2) is 7.35. The molecule has 1 aromatic rings. The number of thioether (sulfide) groups is 1. The third-order valence-electron chi connectivity index (χ3n) is 4.75. The van der Waals surface area contributed by atoms with Crippen LogP contribution in [0.25, 0.3) is 0 Å². The van der Waals surface area contributed by atoms with Crippen LogP contribution in [-0.4, -0.2) is 18.8 Å². The van der Waals surface area contributed by atoms with E-state index in [9.17, 15) is 0 Å². The van der Waals surface area contributed by atoms with Crippen LogP contribution in [0.5, 0.6) is 0 Å². The third-order valence-corrected chi connectivity index (χ3v) is 5.88. The summed E-state index contributed by atoms with van der Waals surface area (Å²) in [5, 5.41) is 3.56. The predicted molar refractivity (Wildman–Crippen MR) is 85.7 cm³/mol. The second-order valence-corrected chi connectivity index (χ2v) is 7.14. The van der Waals surface area contributed by atoms with Gasteiger partial charge >= 0.3 is 0 Å². The molecule has 19 heavy (non-hydrogen) atoms. The van der Waals surface area contributed by atoms with E-state index in [4.69, 9.17) is 0 Å². The Morgan fingerprint density at radius 2 is 1.89 bits per heavy atom. The summed E-state index contributed by atoms with van der Waals surface area (Å²) >= 11 is 1.99. The molecule has 4 atom stereocenters. The second-order valence-electron chi connectivity index (χ2n) is 6.05. The molecule has 0 spiro atoms. The van der Waals surface area contributed by atoms with Crippen LogP contribution in [0.4, 0.5) is 0 Å². The summed E-state index contributed by atoms with van der Waals surface area (Å²) in [7, 11) is 2.12. The Labute approximate surface area is 122 Å². The summed E-state index contributed by atoms with van der Waals surface area (Å²) in [5.41, 5.74) is 0. The highest BCUT2D eigenvalue weighted by Crippen LogP contribution is 2.36. The molecule has 1 aliphatic rings. The highest BCUT2D eigenvalue weighted by atomic mass is 32.2. The lowest BCUT2D eigenvalue weighted by molar-refractivity contribution is 0.181. The molecule has 2 heteroatoms. The van der Waals surface area contributed by atoms with Crippen molar-refractivity contribution in [1.29, 1.82) is 0 Å². The van der Waals surface area contributed by atoms with Crippen molar-refractivity contribution in [3.05, 3.63) is 30.3 Å². The van der Waals surface area contributed by atoms with Crippen molar-refractivity contribution < 1.29 is 0 Å². The van der Waals surface area contributed by atoms with Gasteiger partial charge in [0.25, 0.3) is 0 Å². The van der Waals surface area contributed by atoms with Gasteiger partial charge in [0.15, 0.2) is 0 Å². The minimum Gasteiger partial charge on any atom is -0.316 e. The smallest absolute Gasteiger partial charge is 0.0187 e. The van der Waals surface area contributed by atoms with E-state index in [1.165, 1.54) is 29.9 Å². The maximum Gasteiger partial charge on any atom is 0.0187 e. The number of hydrogen-bond acceptors (Lipinski definition) is 2. The standard InChI is InChI=1S/C17H27NS/c1-13-9-10-15(11-14(13)2)17(18-3)12-19-16-7-5-4-6-8-16/h4-8,13-15,17-18H,9-12H2,1-3H3. The maximum atomic E-state index is 3.56. The zero-order valence-electron chi connectivity index (χ0n) is 12.4. The molecule has 2 rings (SSSR count). The molecule has 0 amide bonds. The fraction of sp³-hybridized carbons (Fsp3) is 0.647.